The lowest BCUT2D eigenvalue weighted by molar-refractivity contribution is 0.552. The van der Waals surface area contributed by atoms with E-state index in [4.69, 9.17) is 0 Å². The van der Waals surface area contributed by atoms with E-state index in [0.717, 1.165) is 38.4 Å². The number of nitrogens with one attached hydrogen (secondary N) is 1. The van der Waals surface area contributed by atoms with Gasteiger partial charge in [-0.2, -0.15) is 0 Å². The Balaban J connectivity index is 1.66. The van der Waals surface area contributed by atoms with E-state index >= 15 is 0 Å². The van der Waals surface area contributed by atoms with Crippen molar-refractivity contribution in [2.75, 3.05) is 18.0 Å². The van der Waals surface area contributed by atoms with Crippen LogP contribution in [0, 0.1) is 5.92 Å². The average molecular weight is 301 g/mol. The molecular weight excluding hydrogens is 278 g/mol. The van der Waals surface area contributed by atoms with Gasteiger partial charge in [0, 0.05) is 30.7 Å². The number of pyridine rings is 1. The predicted octanol–water partition coefficient (Wildman–Crippen LogP) is 3.45. The van der Waals surface area contributed by atoms with E-state index in [1.165, 1.54) is 11.1 Å². The molecule has 3 heterocycles. The fourth-order valence-corrected chi connectivity index (χ4v) is 3.58. The summed E-state index contributed by atoms with van der Waals surface area (Å²) in [4.78, 5) is 8.50. The summed E-state index contributed by atoms with van der Waals surface area (Å²) in [6.45, 7) is 8.51. The van der Waals surface area contributed by atoms with Gasteiger partial charge in [-0.3, -0.25) is 0 Å². The van der Waals surface area contributed by atoms with Gasteiger partial charge in [-0.25, -0.2) is 4.98 Å². The van der Waals surface area contributed by atoms with Gasteiger partial charge in [-0.15, -0.1) is 11.3 Å². The maximum atomic E-state index is 4.57. The van der Waals surface area contributed by atoms with Gasteiger partial charge in [0.05, 0.1) is 0 Å². The molecule has 0 bridgehead atoms. The van der Waals surface area contributed by atoms with Crippen LogP contribution >= 0.6 is 11.3 Å². The van der Waals surface area contributed by atoms with Crippen molar-refractivity contribution in [1.29, 1.82) is 0 Å². The standard InChI is InChI=1S/C17H23N3S/c1-13(2)10-18-11-14-3-6-19-17(9-14)20-7-4-16-15(12-20)5-8-21-16/h3,5-6,8-9,13,18H,4,7,10-12H2,1-2H3. The van der Waals surface area contributed by atoms with E-state index < -0.39 is 0 Å². The van der Waals surface area contributed by atoms with Crippen molar-refractivity contribution in [1.82, 2.24) is 10.3 Å². The first-order chi connectivity index (χ1) is 10.2. The van der Waals surface area contributed by atoms with E-state index in [0.29, 0.717) is 5.92 Å². The van der Waals surface area contributed by atoms with Gasteiger partial charge in [0.2, 0.25) is 0 Å². The maximum absolute atomic E-state index is 4.57. The zero-order valence-corrected chi connectivity index (χ0v) is 13.6. The summed E-state index contributed by atoms with van der Waals surface area (Å²) in [5.41, 5.74) is 2.79. The summed E-state index contributed by atoms with van der Waals surface area (Å²) in [5, 5.41) is 5.70. The van der Waals surface area contributed by atoms with Crippen LogP contribution in [0.15, 0.2) is 29.8 Å². The van der Waals surface area contributed by atoms with Crippen LogP contribution in [-0.2, 0) is 19.5 Å². The third-order valence-electron chi connectivity index (χ3n) is 3.82. The summed E-state index contributed by atoms with van der Waals surface area (Å²) in [6, 6.07) is 6.59. The van der Waals surface area contributed by atoms with E-state index in [9.17, 15) is 0 Å². The van der Waals surface area contributed by atoms with Crippen LogP contribution in [0.5, 0.6) is 0 Å². The molecule has 4 heteroatoms. The maximum Gasteiger partial charge on any atom is 0.129 e. The number of thiophene rings is 1. The van der Waals surface area contributed by atoms with E-state index in [1.807, 2.05) is 17.5 Å². The predicted molar refractivity (Wildman–Crippen MR) is 89.9 cm³/mol. The Morgan fingerprint density at radius 3 is 3.14 bits per heavy atom. The normalized spacial score (nSPS) is 14.5. The minimum Gasteiger partial charge on any atom is -0.352 e. The summed E-state index contributed by atoms with van der Waals surface area (Å²) < 4.78 is 0. The first kappa shape index (κ1) is 14.5. The SMILES string of the molecule is CC(C)CNCc1ccnc(N2CCc3sccc3C2)c1. The van der Waals surface area contributed by atoms with Crippen molar-refractivity contribution in [3.05, 3.63) is 45.8 Å². The molecule has 0 aliphatic carbocycles. The summed E-state index contributed by atoms with van der Waals surface area (Å²) in [6.07, 6.45) is 3.08. The number of anilines is 1. The highest BCUT2D eigenvalue weighted by molar-refractivity contribution is 7.10. The Morgan fingerprint density at radius 2 is 2.29 bits per heavy atom. The molecule has 0 aromatic carbocycles. The molecule has 2 aromatic rings. The average Bonchev–Trinajstić information content (AvgIpc) is 2.94. The molecule has 3 nitrogen and oxygen atoms in total. The van der Waals surface area contributed by atoms with Crippen LogP contribution in [-0.4, -0.2) is 18.1 Å². The van der Waals surface area contributed by atoms with Gasteiger partial charge >= 0.3 is 0 Å². The quantitative estimate of drug-likeness (QED) is 0.917. The molecule has 0 saturated heterocycles. The van der Waals surface area contributed by atoms with Crippen LogP contribution in [0.2, 0.25) is 0 Å². The molecule has 0 unspecified atom stereocenters. The van der Waals surface area contributed by atoms with Crippen molar-refractivity contribution in [2.45, 2.75) is 33.4 Å². The largest absolute Gasteiger partial charge is 0.352 e. The molecule has 1 aliphatic rings. The number of hydrogen-bond acceptors (Lipinski definition) is 4. The molecule has 0 atom stereocenters. The summed E-state index contributed by atoms with van der Waals surface area (Å²) in [5.74, 6) is 1.79. The number of fused-ring (bicyclic) bond motifs is 1. The van der Waals surface area contributed by atoms with Gasteiger partial charge in [-0.05, 0) is 53.6 Å². The van der Waals surface area contributed by atoms with Crippen LogP contribution in [0.4, 0.5) is 5.82 Å². The summed E-state index contributed by atoms with van der Waals surface area (Å²) in [7, 11) is 0. The minimum atomic E-state index is 0.686. The first-order valence-corrected chi connectivity index (χ1v) is 8.56. The molecule has 0 spiro atoms. The Hall–Kier alpha value is -1.39. The molecule has 3 rings (SSSR count). The number of hydrogen-bond donors (Lipinski definition) is 1. The Labute approximate surface area is 131 Å². The van der Waals surface area contributed by atoms with Crippen molar-refractivity contribution in [2.24, 2.45) is 5.92 Å². The third kappa shape index (κ3) is 3.63. The van der Waals surface area contributed by atoms with Crippen molar-refractivity contribution in [3.8, 4) is 0 Å². The molecule has 0 saturated carbocycles. The second-order valence-corrected chi connectivity index (χ2v) is 7.09. The molecule has 0 radical (unpaired) electrons. The molecule has 0 amide bonds. The highest BCUT2D eigenvalue weighted by Gasteiger charge is 2.18. The molecule has 1 aliphatic heterocycles. The topological polar surface area (TPSA) is 28.2 Å². The van der Waals surface area contributed by atoms with Crippen molar-refractivity contribution in [3.63, 3.8) is 0 Å². The van der Waals surface area contributed by atoms with Crippen LogP contribution in [0.1, 0.15) is 29.9 Å². The zero-order valence-electron chi connectivity index (χ0n) is 12.8. The van der Waals surface area contributed by atoms with Gasteiger partial charge in [-0.1, -0.05) is 13.8 Å². The van der Waals surface area contributed by atoms with E-state index in [2.05, 4.69) is 52.6 Å². The smallest absolute Gasteiger partial charge is 0.129 e. The lowest BCUT2D eigenvalue weighted by atomic mass is 10.1. The first-order valence-electron chi connectivity index (χ1n) is 7.68. The fourth-order valence-electron chi connectivity index (χ4n) is 2.69. The van der Waals surface area contributed by atoms with Gasteiger partial charge in [0.25, 0.3) is 0 Å². The van der Waals surface area contributed by atoms with Crippen LogP contribution < -0.4 is 10.2 Å². The van der Waals surface area contributed by atoms with Crippen molar-refractivity contribution >= 4 is 17.2 Å². The summed E-state index contributed by atoms with van der Waals surface area (Å²) >= 11 is 1.88. The van der Waals surface area contributed by atoms with Gasteiger partial charge in [0.1, 0.15) is 5.82 Å². The fraction of sp³-hybridized carbons (Fsp3) is 0.471. The Bertz CT molecular complexity index is 591. The molecule has 112 valence electrons. The third-order valence-corrected chi connectivity index (χ3v) is 4.85. The number of nitrogens with zero attached hydrogens (tertiary/aromatic N) is 2. The van der Waals surface area contributed by atoms with Gasteiger partial charge < -0.3 is 10.2 Å². The van der Waals surface area contributed by atoms with Crippen molar-refractivity contribution < 1.29 is 0 Å². The molecule has 2 aromatic heterocycles. The second-order valence-electron chi connectivity index (χ2n) is 6.09. The van der Waals surface area contributed by atoms with E-state index in [-0.39, 0.29) is 0 Å². The molecule has 21 heavy (non-hydrogen) atoms. The highest BCUT2D eigenvalue weighted by Crippen LogP contribution is 2.27. The highest BCUT2D eigenvalue weighted by atomic mass is 32.1. The molecule has 0 fully saturated rings. The zero-order chi connectivity index (χ0) is 14.7. The second kappa shape index (κ2) is 6.58. The van der Waals surface area contributed by atoms with E-state index in [1.54, 1.807) is 4.88 Å². The van der Waals surface area contributed by atoms with Crippen LogP contribution in [0.25, 0.3) is 0 Å². The van der Waals surface area contributed by atoms with Crippen LogP contribution in [0.3, 0.4) is 0 Å². The number of rotatable bonds is 5. The Kier molecular flexibility index (Phi) is 4.56. The lowest BCUT2D eigenvalue weighted by Gasteiger charge is -2.28. The Morgan fingerprint density at radius 1 is 1.38 bits per heavy atom. The number of aromatic nitrogens is 1. The monoisotopic (exact) mass is 301 g/mol. The lowest BCUT2D eigenvalue weighted by Crippen LogP contribution is -2.30. The minimum absolute atomic E-state index is 0.686. The molecular formula is C17H23N3S. The van der Waals surface area contributed by atoms with Gasteiger partial charge in [0.15, 0.2) is 0 Å². The molecule has 1 N–H and O–H groups in total.